The van der Waals surface area contributed by atoms with E-state index in [2.05, 4.69) is 11.9 Å². The summed E-state index contributed by atoms with van der Waals surface area (Å²) in [6.07, 6.45) is -4.46. The lowest BCUT2D eigenvalue weighted by molar-refractivity contribution is -0.137. The zero-order chi connectivity index (χ0) is 33.5. The van der Waals surface area contributed by atoms with Gasteiger partial charge in [0.05, 0.1) is 22.8 Å². The van der Waals surface area contributed by atoms with Gasteiger partial charge >= 0.3 is 6.18 Å². The summed E-state index contributed by atoms with van der Waals surface area (Å²) in [7, 11) is 0. The lowest BCUT2D eigenvalue weighted by atomic mass is 9.93. The van der Waals surface area contributed by atoms with Crippen molar-refractivity contribution in [1.29, 1.82) is 5.41 Å². The summed E-state index contributed by atoms with van der Waals surface area (Å²) in [5.74, 6) is -2.96. The van der Waals surface area contributed by atoms with Crippen LogP contribution < -0.4 is 10.1 Å². The van der Waals surface area contributed by atoms with Crippen molar-refractivity contribution >= 4 is 40.8 Å². The van der Waals surface area contributed by atoms with Crippen LogP contribution in [0.5, 0.6) is 5.75 Å². The molecule has 0 aliphatic carbocycles. The van der Waals surface area contributed by atoms with Crippen LogP contribution in [-0.4, -0.2) is 65.1 Å². The van der Waals surface area contributed by atoms with Gasteiger partial charge < -0.3 is 19.9 Å². The maximum Gasteiger partial charge on any atom is 0.417 e. The number of amides is 1. The minimum atomic E-state index is -5.01. The number of alkyl halides is 3. The number of hydrogen-bond acceptors (Lipinski definition) is 5. The van der Waals surface area contributed by atoms with Crippen LogP contribution in [0, 0.1) is 22.9 Å². The van der Waals surface area contributed by atoms with Gasteiger partial charge in [-0.3, -0.25) is 10.2 Å². The minimum absolute atomic E-state index is 0.0251. The molecule has 3 aromatic carbocycles. The number of amidine groups is 1. The molecule has 0 unspecified atom stereocenters. The van der Waals surface area contributed by atoms with Crippen LogP contribution in [0.2, 0.25) is 5.02 Å². The van der Waals surface area contributed by atoms with Gasteiger partial charge in [-0.2, -0.15) is 13.2 Å². The largest absolute Gasteiger partial charge is 0.488 e. The number of hydrogen-bond donors (Lipinski definition) is 2. The van der Waals surface area contributed by atoms with Crippen molar-refractivity contribution in [3.63, 3.8) is 0 Å². The highest BCUT2D eigenvalue weighted by atomic mass is 35.5. The Labute approximate surface area is 270 Å². The number of piperazine rings is 1. The van der Waals surface area contributed by atoms with E-state index in [1.807, 2.05) is 0 Å². The molecule has 2 heterocycles. The van der Waals surface area contributed by atoms with Gasteiger partial charge in [0.1, 0.15) is 35.1 Å². The first-order chi connectivity index (χ1) is 21.7. The number of fused-ring (bicyclic) bond motifs is 1. The topological polar surface area (TPSA) is 68.7 Å². The molecule has 46 heavy (non-hydrogen) atoms. The Morgan fingerprint density at radius 1 is 1.09 bits per heavy atom. The second-order valence-corrected chi connectivity index (χ2v) is 12.5. The molecule has 0 saturated carbocycles. The molecular formula is C32H29ClF6N4O2S. The van der Waals surface area contributed by atoms with Crippen molar-refractivity contribution < 1.29 is 35.9 Å². The van der Waals surface area contributed by atoms with Gasteiger partial charge in [0.2, 0.25) is 5.91 Å². The van der Waals surface area contributed by atoms with E-state index in [1.165, 1.54) is 30.3 Å². The lowest BCUT2D eigenvalue weighted by Crippen LogP contribution is -2.59. The zero-order valence-corrected chi connectivity index (χ0v) is 26.2. The summed E-state index contributed by atoms with van der Waals surface area (Å²) in [5, 5.41) is 11.7. The molecule has 0 aromatic heterocycles. The molecule has 0 spiro atoms. The summed E-state index contributed by atoms with van der Waals surface area (Å²) in [6.45, 7) is 7.47. The normalized spacial score (nSPS) is 20.0. The van der Waals surface area contributed by atoms with Gasteiger partial charge in [-0.05, 0) is 56.3 Å². The number of benzene rings is 3. The molecule has 14 heteroatoms. The van der Waals surface area contributed by atoms with E-state index in [4.69, 9.17) is 21.7 Å². The molecular weight excluding hydrogens is 654 g/mol. The number of thioether (sulfide) groups is 1. The Balaban J connectivity index is 1.64. The number of carbonyl (C=O) groups excluding carboxylic acids is 1. The van der Waals surface area contributed by atoms with Crippen LogP contribution in [-0.2, 0) is 11.0 Å². The Bertz CT molecular complexity index is 1670. The van der Waals surface area contributed by atoms with E-state index in [0.717, 1.165) is 23.9 Å². The fourth-order valence-corrected chi connectivity index (χ4v) is 7.21. The molecule has 0 radical (unpaired) electrons. The molecule has 0 bridgehead atoms. The highest BCUT2D eigenvalue weighted by Crippen LogP contribution is 2.50. The molecule has 1 saturated heterocycles. The van der Waals surface area contributed by atoms with Gasteiger partial charge in [0, 0.05) is 58.6 Å². The molecule has 5 rings (SSSR count). The number of anilines is 1. The number of rotatable bonds is 5. The number of ether oxygens (including phenoxy) is 1. The molecule has 6 nitrogen and oxygen atoms in total. The monoisotopic (exact) mass is 682 g/mol. The van der Waals surface area contributed by atoms with E-state index in [-0.39, 0.29) is 65.4 Å². The molecule has 244 valence electrons. The molecule has 3 aromatic rings. The van der Waals surface area contributed by atoms with Crippen LogP contribution in [0.4, 0.5) is 32.0 Å². The molecule has 2 aliphatic rings. The summed E-state index contributed by atoms with van der Waals surface area (Å²) in [6, 6.07) is 6.52. The van der Waals surface area contributed by atoms with E-state index >= 15 is 4.39 Å². The maximum atomic E-state index is 15.3. The van der Waals surface area contributed by atoms with E-state index in [1.54, 1.807) is 23.6 Å². The first-order valence-electron chi connectivity index (χ1n) is 14.2. The predicted octanol–water partition coefficient (Wildman–Crippen LogP) is 7.84. The Morgan fingerprint density at radius 3 is 2.35 bits per heavy atom. The van der Waals surface area contributed by atoms with Gasteiger partial charge in [-0.15, -0.1) is 11.8 Å². The minimum Gasteiger partial charge on any atom is -0.488 e. The number of nitrogens with one attached hydrogen (secondary N) is 2. The quantitative estimate of drug-likeness (QED) is 0.0944. The van der Waals surface area contributed by atoms with Crippen LogP contribution in [0.3, 0.4) is 0 Å². The first kappa shape index (κ1) is 33.5. The summed E-state index contributed by atoms with van der Waals surface area (Å²) >= 11 is 6.88. The van der Waals surface area contributed by atoms with Gasteiger partial charge in [0.25, 0.3) is 0 Å². The average molecular weight is 683 g/mol. The highest BCUT2D eigenvalue weighted by molar-refractivity contribution is 7.99. The second-order valence-electron chi connectivity index (χ2n) is 11.1. The summed E-state index contributed by atoms with van der Waals surface area (Å²) < 4.78 is 93.4. The van der Waals surface area contributed by atoms with Gasteiger partial charge in [-0.1, -0.05) is 18.2 Å². The van der Waals surface area contributed by atoms with E-state index in [0.29, 0.717) is 11.8 Å². The second kappa shape index (κ2) is 13.1. The van der Waals surface area contributed by atoms with Crippen molar-refractivity contribution in [3.05, 3.63) is 88.7 Å². The highest BCUT2D eigenvalue weighted by Gasteiger charge is 2.41. The Kier molecular flexibility index (Phi) is 9.55. The number of nitrogens with zero attached hydrogens (tertiary/aromatic N) is 2. The van der Waals surface area contributed by atoms with Crippen molar-refractivity contribution in [2.75, 3.05) is 30.7 Å². The fourth-order valence-electron chi connectivity index (χ4n) is 5.82. The van der Waals surface area contributed by atoms with Gasteiger partial charge in [0.15, 0.2) is 0 Å². The number of carbonyl (C=O) groups is 1. The van der Waals surface area contributed by atoms with Crippen LogP contribution in [0.25, 0.3) is 11.1 Å². The first-order valence-corrected chi connectivity index (χ1v) is 15.6. The fraction of sp³-hybridized carbons (Fsp3) is 0.312. The van der Waals surface area contributed by atoms with Crippen molar-refractivity contribution in [3.8, 4) is 16.9 Å². The molecule has 2 N–H and O–H groups in total. The lowest BCUT2D eigenvalue weighted by Gasteiger charge is -2.45. The van der Waals surface area contributed by atoms with Crippen molar-refractivity contribution in [1.82, 2.24) is 9.80 Å². The zero-order valence-electron chi connectivity index (χ0n) is 24.7. The predicted molar refractivity (Wildman–Crippen MR) is 166 cm³/mol. The standard InChI is InChI=1S/C32H29ClF6N4O2S/c1-4-27(44)43-16(2)13-42(14-17(43)3)31(40)22-9-23(32(37,38)39)28(21-10-24(33)26(36)11-25(21)35)30-29(22)41-12-20(15-46-30)45-19-7-5-18(34)6-8-19/h4-11,16-17,20,40-41H,1,12-15H2,2-3H3/t16-,17+,20-/m0/s1. The SMILES string of the molecule is C=CC(=O)N1[C@H](C)CN(C(=N)c2cc(C(F)(F)F)c(-c3cc(Cl)c(F)cc3F)c3c2NC[C@H](Oc2ccc(F)cc2)CS3)C[C@@H]1C. The van der Waals surface area contributed by atoms with Crippen molar-refractivity contribution in [2.45, 2.75) is 43.1 Å². The Morgan fingerprint density at radius 2 is 1.74 bits per heavy atom. The molecule has 1 amide bonds. The third kappa shape index (κ3) is 6.66. The summed E-state index contributed by atoms with van der Waals surface area (Å²) in [4.78, 5) is 15.6. The molecule has 2 aliphatic heterocycles. The van der Waals surface area contributed by atoms with Crippen LogP contribution in [0.15, 0.2) is 60.0 Å². The van der Waals surface area contributed by atoms with Crippen molar-refractivity contribution in [2.24, 2.45) is 0 Å². The third-order valence-electron chi connectivity index (χ3n) is 7.82. The molecule has 3 atom stereocenters. The number of halogens is 7. The summed E-state index contributed by atoms with van der Waals surface area (Å²) in [5.41, 5.74) is -2.31. The van der Waals surface area contributed by atoms with Crippen LogP contribution >= 0.6 is 23.4 Å². The smallest absolute Gasteiger partial charge is 0.417 e. The van der Waals surface area contributed by atoms with Gasteiger partial charge in [-0.25, -0.2) is 13.2 Å². The van der Waals surface area contributed by atoms with E-state index < -0.39 is 51.4 Å². The van der Waals surface area contributed by atoms with E-state index in [9.17, 15) is 26.7 Å². The Hall–Kier alpha value is -3.84. The third-order valence-corrected chi connectivity index (χ3v) is 9.35. The average Bonchev–Trinajstić information content (AvgIpc) is 3.21. The maximum absolute atomic E-state index is 15.3. The molecule has 1 fully saturated rings. The van der Waals surface area contributed by atoms with Crippen LogP contribution in [0.1, 0.15) is 25.0 Å².